The summed E-state index contributed by atoms with van der Waals surface area (Å²) in [5.74, 6) is -0.137. The fraction of sp³-hybridized carbons (Fsp3) is 0.933. The topological polar surface area (TPSA) is 54.0 Å². The van der Waals surface area contributed by atoms with Crippen LogP contribution in [0.25, 0.3) is 0 Å². The van der Waals surface area contributed by atoms with Gasteiger partial charge in [-0.1, -0.05) is 13.8 Å². The minimum Gasteiger partial charge on any atom is -0.432 e. The first-order chi connectivity index (χ1) is 9.46. The lowest BCUT2D eigenvalue weighted by atomic mass is 9.58. The summed E-state index contributed by atoms with van der Waals surface area (Å²) in [7, 11) is 0. The Morgan fingerprint density at radius 3 is 2.70 bits per heavy atom. The molecule has 0 amide bonds. The Bertz CT molecular complexity index is 452. The largest absolute Gasteiger partial charge is 0.432 e. The lowest BCUT2D eigenvalue weighted by molar-refractivity contribution is -0.559. The molecule has 7 atom stereocenters. The molecule has 5 heteroatoms. The minimum absolute atomic E-state index is 0.123. The van der Waals surface area contributed by atoms with Gasteiger partial charge in [-0.15, -0.1) is 0 Å². The van der Waals surface area contributed by atoms with Gasteiger partial charge in [0.25, 0.3) is 0 Å². The van der Waals surface area contributed by atoms with E-state index in [1.807, 2.05) is 13.8 Å². The van der Waals surface area contributed by atoms with Gasteiger partial charge in [0.05, 0.1) is 5.92 Å². The first-order valence-corrected chi connectivity index (χ1v) is 7.71. The minimum atomic E-state index is -0.793. The van der Waals surface area contributed by atoms with Crippen LogP contribution in [0.4, 0.5) is 0 Å². The highest BCUT2D eigenvalue weighted by molar-refractivity contribution is 5.74. The van der Waals surface area contributed by atoms with Gasteiger partial charge < -0.3 is 9.47 Å². The van der Waals surface area contributed by atoms with Crippen molar-refractivity contribution in [2.24, 2.45) is 23.7 Å². The summed E-state index contributed by atoms with van der Waals surface area (Å²) in [4.78, 5) is 23.7. The molecule has 0 aromatic rings. The van der Waals surface area contributed by atoms with E-state index >= 15 is 0 Å². The molecule has 4 saturated heterocycles. The van der Waals surface area contributed by atoms with Crippen molar-refractivity contribution in [3.63, 3.8) is 0 Å². The average molecular weight is 282 g/mol. The monoisotopic (exact) mass is 282 g/mol. The fourth-order valence-electron chi connectivity index (χ4n) is 4.76. The van der Waals surface area contributed by atoms with E-state index in [1.165, 1.54) is 0 Å². The predicted octanol–water partition coefficient (Wildman–Crippen LogP) is 2.39. The van der Waals surface area contributed by atoms with E-state index in [1.54, 1.807) is 0 Å². The number of carbonyl (C=O) groups excluding carboxylic acids is 1. The Labute approximate surface area is 118 Å². The molecule has 5 rings (SSSR count). The molecule has 0 radical (unpaired) electrons. The second kappa shape index (κ2) is 3.96. The van der Waals surface area contributed by atoms with Crippen molar-refractivity contribution in [3.05, 3.63) is 0 Å². The van der Waals surface area contributed by atoms with Gasteiger partial charge in [0.2, 0.25) is 12.1 Å². The van der Waals surface area contributed by atoms with Crippen LogP contribution >= 0.6 is 0 Å². The van der Waals surface area contributed by atoms with Crippen molar-refractivity contribution in [2.45, 2.75) is 64.1 Å². The van der Waals surface area contributed by atoms with Gasteiger partial charge in [-0.3, -0.25) is 4.79 Å². The van der Waals surface area contributed by atoms with Crippen LogP contribution in [0.2, 0.25) is 0 Å². The first-order valence-electron chi connectivity index (χ1n) is 7.71. The lowest BCUT2D eigenvalue weighted by Crippen LogP contribution is -2.69. The van der Waals surface area contributed by atoms with Gasteiger partial charge in [0.1, 0.15) is 0 Å². The van der Waals surface area contributed by atoms with Crippen LogP contribution in [0.5, 0.6) is 0 Å². The lowest BCUT2D eigenvalue weighted by Gasteiger charge is -2.57. The Hall–Kier alpha value is -0.650. The van der Waals surface area contributed by atoms with Crippen molar-refractivity contribution in [3.8, 4) is 0 Å². The van der Waals surface area contributed by atoms with Crippen LogP contribution in [-0.4, -0.2) is 23.6 Å². The van der Waals surface area contributed by atoms with Gasteiger partial charge in [0, 0.05) is 18.3 Å². The van der Waals surface area contributed by atoms with Crippen molar-refractivity contribution in [2.75, 3.05) is 0 Å². The normalized spacial score (nSPS) is 57.8. The predicted molar refractivity (Wildman–Crippen MR) is 68.0 cm³/mol. The second-order valence-corrected chi connectivity index (χ2v) is 7.14. The molecule has 20 heavy (non-hydrogen) atoms. The summed E-state index contributed by atoms with van der Waals surface area (Å²) in [6.45, 7) is 6.06. The molecule has 4 aliphatic heterocycles. The van der Waals surface area contributed by atoms with Crippen molar-refractivity contribution >= 4 is 5.97 Å². The Kier molecular flexibility index (Phi) is 2.58. The number of hydrogen-bond donors (Lipinski definition) is 0. The number of ether oxygens (including phenoxy) is 2. The molecular formula is C15H22O5. The highest BCUT2D eigenvalue weighted by atomic mass is 17.3. The molecule has 5 aliphatic rings. The maximum Gasteiger partial charge on any atom is 0.311 e. The molecule has 112 valence electrons. The van der Waals surface area contributed by atoms with E-state index in [9.17, 15) is 4.79 Å². The van der Waals surface area contributed by atoms with Crippen LogP contribution in [0, 0.1) is 23.7 Å². The summed E-state index contributed by atoms with van der Waals surface area (Å²) in [5.41, 5.74) is -0.610. The van der Waals surface area contributed by atoms with Gasteiger partial charge in [0.15, 0.2) is 5.60 Å². The number of hydrogen-bond acceptors (Lipinski definition) is 5. The highest BCUT2D eigenvalue weighted by Gasteiger charge is 2.69. The average Bonchev–Trinajstić information content (AvgIpc) is 2.63. The van der Waals surface area contributed by atoms with E-state index < -0.39 is 17.7 Å². The molecule has 1 spiro atoms. The molecule has 0 N–H and O–H groups in total. The maximum atomic E-state index is 12.1. The van der Waals surface area contributed by atoms with Gasteiger partial charge in [-0.2, -0.15) is 0 Å². The van der Waals surface area contributed by atoms with E-state index in [0.717, 1.165) is 25.7 Å². The van der Waals surface area contributed by atoms with E-state index in [0.29, 0.717) is 11.8 Å². The number of fused-ring (bicyclic) bond motifs is 2. The van der Waals surface area contributed by atoms with E-state index in [-0.39, 0.29) is 17.8 Å². The Balaban J connectivity index is 1.84. The Morgan fingerprint density at radius 2 is 1.90 bits per heavy atom. The molecule has 2 bridgehead atoms. The standard InChI is InChI=1S/C15H22O5/c1-8-4-5-11-9(2)12(16)17-13-15(11)10(8)6-7-14(3,18-13)19-20-15/h8-11,13H,4-7H2,1-3H3/t8?,9-,10?,11?,13?,14?,15-/m1/s1. The van der Waals surface area contributed by atoms with Crippen LogP contribution < -0.4 is 0 Å². The zero-order valence-corrected chi connectivity index (χ0v) is 12.3. The second-order valence-electron chi connectivity index (χ2n) is 7.14. The zero-order chi connectivity index (χ0) is 14.1. The maximum absolute atomic E-state index is 12.1. The number of esters is 1. The van der Waals surface area contributed by atoms with Crippen LogP contribution in [0.15, 0.2) is 0 Å². The van der Waals surface area contributed by atoms with E-state index in [2.05, 4.69) is 6.92 Å². The van der Waals surface area contributed by atoms with Gasteiger partial charge in [-0.25, -0.2) is 9.78 Å². The van der Waals surface area contributed by atoms with Gasteiger partial charge in [-0.05, 0) is 32.1 Å². The third kappa shape index (κ3) is 1.46. The third-order valence-corrected chi connectivity index (χ3v) is 5.97. The first kappa shape index (κ1) is 13.0. The van der Waals surface area contributed by atoms with Crippen molar-refractivity contribution in [1.82, 2.24) is 0 Å². The highest BCUT2D eigenvalue weighted by Crippen LogP contribution is 2.59. The number of rotatable bonds is 0. The summed E-state index contributed by atoms with van der Waals surface area (Å²) >= 11 is 0. The fourth-order valence-corrected chi connectivity index (χ4v) is 4.76. The molecule has 5 fully saturated rings. The molecule has 5 unspecified atom stereocenters. The van der Waals surface area contributed by atoms with Crippen molar-refractivity contribution in [1.29, 1.82) is 0 Å². The number of carbonyl (C=O) groups is 1. The summed E-state index contributed by atoms with van der Waals surface area (Å²) in [6.07, 6.45) is 3.24. The smallest absolute Gasteiger partial charge is 0.311 e. The van der Waals surface area contributed by atoms with E-state index in [4.69, 9.17) is 19.2 Å². The third-order valence-electron chi connectivity index (χ3n) is 5.97. The summed E-state index contributed by atoms with van der Waals surface area (Å²) in [5, 5.41) is 0. The van der Waals surface area contributed by atoms with Gasteiger partial charge >= 0.3 is 5.97 Å². The zero-order valence-electron chi connectivity index (χ0n) is 12.3. The van der Waals surface area contributed by atoms with Crippen LogP contribution in [-0.2, 0) is 24.0 Å². The molecule has 5 nitrogen and oxygen atoms in total. The van der Waals surface area contributed by atoms with Crippen LogP contribution in [0.3, 0.4) is 0 Å². The quantitative estimate of drug-likeness (QED) is 0.504. The molecule has 1 aliphatic carbocycles. The summed E-state index contributed by atoms with van der Waals surface area (Å²) < 4.78 is 11.6. The molecular weight excluding hydrogens is 260 g/mol. The SMILES string of the molecule is CC1CCC2[C@@H](C)C(=O)OC3OC4(C)CCC1[C@]32OO4. The van der Waals surface area contributed by atoms with Crippen molar-refractivity contribution < 1.29 is 24.0 Å². The molecule has 0 aromatic heterocycles. The Morgan fingerprint density at radius 1 is 1.10 bits per heavy atom. The molecule has 4 heterocycles. The molecule has 1 saturated carbocycles. The summed E-state index contributed by atoms with van der Waals surface area (Å²) in [6, 6.07) is 0. The molecule has 0 aromatic carbocycles. The van der Waals surface area contributed by atoms with Crippen LogP contribution in [0.1, 0.15) is 46.5 Å².